The lowest BCUT2D eigenvalue weighted by Gasteiger charge is -2.49. The Morgan fingerprint density at radius 1 is 0.394 bits per heavy atom. The van der Waals surface area contributed by atoms with Crippen LogP contribution < -0.4 is 0 Å². The molecule has 4 saturated heterocycles. The van der Waals surface area contributed by atoms with Gasteiger partial charge in [-0.2, -0.15) is 0 Å². The second-order valence-corrected chi connectivity index (χ2v) is 27.9. The lowest BCUT2D eigenvalue weighted by molar-refractivity contribution is -0.365. The van der Waals surface area contributed by atoms with Crippen LogP contribution in [0.15, 0.2) is 12.2 Å². The highest BCUT2D eigenvalue weighted by Gasteiger charge is 2.59. The Hall–Kier alpha value is -2.21. The molecule has 1 aliphatic carbocycles. The van der Waals surface area contributed by atoms with E-state index in [4.69, 9.17) is 56.4 Å². The first kappa shape index (κ1) is 87.4. The van der Waals surface area contributed by atoms with Crippen molar-refractivity contribution < 1.29 is 162 Å². The van der Waals surface area contributed by atoms with Crippen LogP contribution >= 0.6 is 7.82 Å². The van der Waals surface area contributed by atoms with Gasteiger partial charge in [0.05, 0.1) is 33.0 Å². The Bertz CT molecular complexity index is 2280. The van der Waals surface area contributed by atoms with Gasteiger partial charge in [0.15, 0.2) is 31.3 Å². The number of carbonyl (C=O) groups excluding carboxylic acids is 2. The van der Waals surface area contributed by atoms with Gasteiger partial charge in [-0.25, -0.2) is 4.57 Å². The highest BCUT2D eigenvalue weighted by molar-refractivity contribution is 7.47. The Kier molecular flexibility index (Phi) is 40.6. The number of hydrogen-bond donors (Lipinski definition) is 18. The summed E-state index contributed by atoms with van der Waals surface area (Å²) in [6.07, 6.45) is -27.3. The second-order valence-electron chi connectivity index (χ2n) is 26.5. The SMILES string of the molecule is CCCCCCCC/C=C\CCCCCCCC(=O)OC[C@H](COP(=O)(O)O[C@@H]1C(O[C@@H]2OC(CO[C@@H]3OC(CO[C@@H]4OC(CO)[C@H](O)C(O)[C@@H]4O)[C@H](O)C(O)[C@@H]3O)[C@H](O)C(O)[C@@H]2O)C(O)[C@@H](O)C(O)[C@H]1O[C@H]1OC(CO)[C@@H](O)C(O)[C@H]1O)OC(=O)CCCCCCCCCCCCC. The van der Waals surface area contributed by atoms with Crippen molar-refractivity contribution in [2.45, 2.75) is 346 Å². The normalized spacial score (nSPS) is 37.0. The number of ether oxygens (including phenoxy) is 10. The molecule has 18 N–H and O–H groups in total. The van der Waals surface area contributed by atoms with Crippen LogP contribution in [0.2, 0.25) is 0 Å². The zero-order valence-corrected chi connectivity index (χ0v) is 57.9. The van der Waals surface area contributed by atoms with Crippen LogP contribution in [0.5, 0.6) is 0 Å². The Balaban J connectivity index is 1.30. The predicted molar refractivity (Wildman–Crippen MR) is 343 cm³/mol. The fourth-order valence-electron chi connectivity index (χ4n) is 12.3. The van der Waals surface area contributed by atoms with Gasteiger partial charge >= 0.3 is 19.8 Å². The summed E-state index contributed by atoms with van der Waals surface area (Å²) in [6, 6.07) is 0. The van der Waals surface area contributed by atoms with Crippen LogP contribution in [0.4, 0.5) is 0 Å². The molecular formula is C65H117O33P. The molecule has 99 heavy (non-hydrogen) atoms. The summed E-state index contributed by atoms with van der Waals surface area (Å²) in [4.78, 5) is 38.1. The van der Waals surface area contributed by atoms with Crippen LogP contribution in [0.25, 0.3) is 0 Å². The van der Waals surface area contributed by atoms with Crippen molar-refractivity contribution in [2.24, 2.45) is 0 Å². The summed E-state index contributed by atoms with van der Waals surface area (Å²) < 4.78 is 81.3. The number of phosphoric ester groups is 1. The number of unbranched alkanes of at least 4 members (excludes halogenated alkanes) is 21. The predicted octanol–water partition coefficient (Wildman–Crippen LogP) is -1.20. The highest BCUT2D eigenvalue weighted by Crippen LogP contribution is 2.49. The molecule has 5 rings (SSSR count). The molecule has 0 aromatic heterocycles. The van der Waals surface area contributed by atoms with Crippen LogP contribution in [0.1, 0.15) is 181 Å². The van der Waals surface area contributed by atoms with E-state index in [1.807, 2.05) is 0 Å². The molecule has 28 atom stereocenters. The molecule has 12 unspecified atom stereocenters. The smallest absolute Gasteiger partial charge is 0.462 e. The van der Waals surface area contributed by atoms with Gasteiger partial charge < -0.3 is 139 Å². The molecule has 0 bridgehead atoms. The minimum atomic E-state index is -5.81. The van der Waals surface area contributed by atoms with Gasteiger partial charge in [0.25, 0.3) is 0 Å². The van der Waals surface area contributed by atoms with E-state index in [0.717, 1.165) is 77.0 Å². The van der Waals surface area contributed by atoms with Crippen molar-refractivity contribution in [3.63, 3.8) is 0 Å². The number of allylic oxidation sites excluding steroid dienone is 2. The molecule has 0 spiro atoms. The number of phosphoric acid groups is 1. The molecule has 580 valence electrons. The lowest BCUT2D eigenvalue weighted by atomic mass is 9.84. The molecular weight excluding hydrogens is 1340 g/mol. The number of rotatable bonds is 47. The van der Waals surface area contributed by atoms with E-state index >= 15 is 0 Å². The number of hydrogen-bond acceptors (Lipinski definition) is 32. The van der Waals surface area contributed by atoms with Crippen molar-refractivity contribution in [3.05, 3.63) is 12.2 Å². The Morgan fingerprint density at radius 2 is 0.727 bits per heavy atom. The summed E-state index contributed by atoms with van der Waals surface area (Å²) in [7, 11) is -5.81. The van der Waals surface area contributed by atoms with Crippen LogP contribution in [0, 0.1) is 0 Å². The standard InChI is InChI=1S/C65H117O33P/c1-3-5-7-9-11-13-15-16-17-18-20-21-23-25-27-29-42(68)87-33-37(91-43(69)30-28-26-24-22-19-14-12-10-8-6-4-2)34-90-99(85,86)98-61-59(96-64-57(83)49(75)45(71)39(32-67)93-64)53(79)52(78)54(80)60(61)97-65-58(84)51(77)47(73)41(95-65)36-89-63-56(82)50(76)46(72)40(94-63)35-88-62-55(81)48(74)44(70)38(31-66)92-62/h16-17,37-41,44-67,70-84H,3-15,18-36H2,1-2H3,(H,85,86)/b17-16-/t37-,38?,39?,40?,41?,44+,45-,46+,47+,48?,49?,50?,51?,52+,53?,54?,55+,56+,57-,58+,59-,60?,61+,62-,63-,64-,65+/m1/s1. The summed E-state index contributed by atoms with van der Waals surface area (Å²) >= 11 is 0. The van der Waals surface area contributed by atoms with Crippen molar-refractivity contribution in [1.29, 1.82) is 0 Å². The van der Waals surface area contributed by atoms with Gasteiger partial charge in [0.1, 0.15) is 141 Å². The van der Waals surface area contributed by atoms with Crippen molar-refractivity contribution in [1.82, 2.24) is 0 Å². The van der Waals surface area contributed by atoms with E-state index in [1.54, 1.807) is 0 Å². The second kappa shape index (κ2) is 46.0. The van der Waals surface area contributed by atoms with E-state index in [-0.39, 0.29) is 12.8 Å². The average Bonchev–Trinajstić information content (AvgIpc) is 0.764. The number of carbonyl (C=O) groups is 2. The topological polar surface area (TPSA) is 526 Å². The van der Waals surface area contributed by atoms with Crippen LogP contribution in [0.3, 0.4) is 0 Å². The Labute approximate surface area is 578 Å². The summed E-state index contributed by atoms with van der Waals surface area (Å²) in [5.74, 6) is -1.46. The number of aliphatic hydroxyl groups excluding tert-OH is 17. The quantitative estimate of drug-likeness (QED) is 0.0147. The number of esters is 2. The van der Waals surface area contributed by atoms with Gasteiger partial charge in [-0.15, -0.1) is 0 Å². The lowest BCUT2D eigenvalue weighted by Crippen LogP contribution is -2.69. The molecule has 0 radical (unpaired) electrons. The maximum atomic E-state index is 14.4. The minimum absolute atomic E-state index is 0.0124. The summed E-state index contributed by atoms with van der Waals surface area (Å²) in [5, 5.41) is 183. The maximum Gasteiger partial charge on any atom is 0.472 e. The van der Waals surface area contributed by atoms with E-state index in [2.05, 4.69) is 26.0 Å². The molecule has 5 aliphatic rings. The molecule has 4 heterocycles. The molecule has 5 fully saturated rings. The van der Waals surface area contributed by atoms with Gasteiger partial charge in [-0.3, -0.25) is 18.6 Å². The van der Waals surface area contributed by atoms with Crippen LogP contribution in [-0.2, 0) is 70.6 Å². The van der Waals surface area contributed by atoms with Gasteiger partial charge in [-0.05, 0) is 38.5 Å². The fourth-order valence-corrected chi connectivity index (χ4v) is 13.3. The molecule has 0 aromatic rings. The monoisotopic (exact) mass is 1460 g/mol. The summed E-state index contributed by atoms with van der Waals surface area (Å²) in [5.41, 5.74) is 0. The molecule has 0 amide bonds. The van der Waals surface area contributed by atoms with Gasteiger partial charge in [-0.1, -0.05) is 142 Å². The first-order valence-electron chi connectivity index (χ1n) is 35.5. The van der Waals surface area contributed by atoms with E-state index in [0.29, 0.717) is 19.3 Å². The molecule has 33 nitrogen and oxygen atoms in total. The highest BCUT2D eigenvalue weighted by atomic mass is 31.2. The van der Waals surface area contributed by atoms with Crippen molar-refractivity contribution in [3.8, 4) is 0 Å². The van der Waals surface area contributed by atoms with Gasteiger partial charge in [0.2, 0.25) is 0 Å². The first-order valence-corrected chi connectivity index (χ1v) is 37.0. The zero-order chi connectivity index (χ0) is 72.8. The molecule has 0 aromatic carbocycles. The third-order valence-electron chi connectivity index (χ3n) is 18.5. The van der Waals surface area contributed by atoms with E-state index in [9.17, 15) is 106 Å². The largest absolute Gasteiger partial charge is 0.472 e. The van der Waals surface area contributed by atoms with Crippen molar-refractivity contribution in [2.75, 3.05) is 39.6 Å². The third kappa shape index (κ3) is 27.9. The first-order chi connectivity index (χ1) is 47.3. The van der Waals surface area contributed by atoms with Gasteiger partial charge in [0, 0.05) is 12.8 Å². The average molecular weight is 1460 g/mol. The van der Waals surface area contributed by atoms with Crippen LogP contribution in [-0.4, -0.2) is 309 Å². The number of aliphatic hydroxyl groups is 17. The van der Waals surface area contributed by atoms with E-state index < -0.39 is 225 Å². The Morgan fingerprint density at radius 3 is 1.14 bits per heavy atom. The van der Waals surface area contributed by atoms with E-state index in [1.165, 1.54) is 57.8 Å². The third-order valence-corrected chi connectivity index (χ3v) is 19.5. The van der Waals surface area contributed by atoms with Crippen molar-refractivity contribution >= 4 is 19.8 Å². The molecule has 34 heteroatoms. The minimum Gasteiger partial charge on any atom is -0.462 e. The molecule has 1 saturated carbocycles. The summed E-state index contributed by atoms with van der Waals surface area (Å²) in [6.45, 7) is -0.949. The fraction of sp³-hybridized carbons (Fsp3) is 0.938. The maximum absolute atomic E-state index is 14.4. The molecule has 4 aliphatic heterocycles. The zero-order valence-electron chi connectivity index (χ0n) is 57.0.